The molecule has 0 fully saturated rings. The molecule has 1 aliphatic carbocycles. The molecule has 0 saturated heterocycles. The van der Waals surface area contributed by atoms with Crippen molar-refractivity contribution in [3.63, 3.8) is 0 Å². The van der Waals surface area contributed by atoms with E-state index >= 15 is 0 Å². The highest BCUT2D eigenvalue weighted by molar-refractivity contribution is 7.25. The van der Waals surface area contributed by atoms with Crippen molar-refractivity contribution in [1.82, 2.24) is 19.5 Å². The zero-order chi connectivity index (χ0) is 40.3. The van der Waals surface area contributed by atoms with Crippen LogP contribution in [0.4, 0.5) is 0 Å². The lowest BCUT2D eigenvalue weighted by Crippen LogP contribution is -2.33. The molecule has 0 bridgehead atoms. The van der Waals surface area contributed by atoms with E-state index < -0.39 is 0 Å². The average Bonchev–Trinajstić information content (AvgIpc) is 3.83. The summed E-state index contributed by atoms with van der Waals surface area (Å²) < 4.78 is 5.00. The monoisotopic (exact) mass is 790 g/mol. The van der Waals surface area contributed by atoms with Crippen molar-refractivity contribution in [3.05, 3.63) is 169 Å². The molecule has 8 aromatic carbocycles. The molecular formula is C55H42N4S. The summed E-state index contributed by atoms with van der Waals surface area (Å²) in [5, 5.41) is 9.82. The number of fused-ring (bicyclic) bond motifs is 10. The first-order chi connectivity index (χ1) is 29.2. The molecule has 0 unspecified atom stereocenters. The summed E-state index contributed by atoms with van der Waals surface area (Å²) in [6.45, 7) is 9.69. The van der Waals surface area contributed by atoms with Crippen LogP contribution in [0.2, 0.25) is 0 Å². The summed E-state index contributed by atoms with van der Waals surface area (Å²) in [4.78, 5) is 15.6. The molecule has 0 saturated carbocycles. The maximum Gasteiger partial charge on any atom is 0.164 e. The van der Waals surface area contributed by atoms with E-state index in [1.165, 1.54) is 82.1 Å². The van der Waals surface area contributed by atoms with Crippen molar-refractivity contribution in [2.45, 2.75) is 51.4 Å². The van der Waals surface area contributed by atoms with Gasteiger partial charge in [-0.25, -0.2) is 15.0 Å². The fraction of sp³-hybridized carbons (Fsp3) is 0.145. The van der Waals surface area contributed by atoms with Crippen molar-refractivity contribution < 1.29 is 0 Å². The van der Waals surface area contributed by atoms with E-state index in [2.05, 4.69) is 172 Å². The Hall–Kier alpha value is -6.69. The van der Waals surface area contributed by atoms with Gasteiger partial charge in [0.2, 0.25) is 0 Å². The molecule has 0 aliphatic heterocycles. The average molecular weight is 791 g/mol. The van der Waals surface area contributed by atoms with Gasteiger partial charge in [-0.15, -0.1) is 11.3 Å². The first-order valence-corrected chi connectivity index (χ1v) is 21.8. The number of aromatic nitrogens is 4. The minimum Gasteiger partial charge on any atom is -0.309 e. The van der Waals surface area contributed by atoms with Crippen molar-refractivity contribution in [2.75, 3.05) is 0 Å². The molecule has 4 nitrogen and oxygen atoms in total. The van der Waals surface area contributed by atoms with Crippen LogP contribution in [-0.2, 0) is 10.8 Å². The van der Waals surface area contributed by atoms with Gasteiger partial charge >= 0.3 is 0 Å². The van der Waals surface area contributed by atoms with E-state index in [1.54, 1.807) is 0 Å². The lowest BCUT2D eigenvalue weighted by atomic mass is 9.63. The van der Waals surface area contributed by atoms with E-state index in [4.69, 9.17) is 15.0 Å². The van der Waals surface area contributed by atoms with Crippen LogP contribution in [0.1, 0.15) is 51.7 Å². The molecule has 3 heterocycles. The van der Waals surface area contributed by atoms with E-state index in [-0.39, 0.29) is 10.8 Å². The van der Waals surface area contributed by atoms with Gasteiger partial charge in [0.1, 0.15) is 0 Å². The van der Waals surface area contributed by atoms with Crippen LogP contribution in [0, 0.1) is 0 Å². The highest BCUT2D eigenvalue weighted by Gasteiger charge is 2.38. The standard InChI is InChI=1S/C55H42N4S/c1-54(2)27-28-55(3,4)45-32-46-43(31-44(45)54)40-26-24-34-13-8-9-16-39(34)50(40)59(46)38-25-23-33-21-22-36(29-37(33)30-38)52-56-51(35-14-6-5-7-15-35)57-53(58-52)42-18-12-20-48-49(42)41-17-10-11-19-47(41)60-48/h5-26,29-32H,27-28H2,1-4H3. The third kappa shape index (κ3) is 5.38. The van der Waals surface area contributed by atoms with Crippen LogP contribution in [0.3, 0.4) is 0 Å². The molecule has 0 N–H and O–H groups in total. The third-order valence-electron chi connectivity index (χ3n) is 13.3. The summed E-state index contributed by atoms with van der Waals surface area (Å²) in [5.74, 6) is 1.99. The van der Waals surface area contributed by atoms with Gasteiger partial charge < -0.3 is 4.57 Å². The van der Waals surface area contributed by atoms with E-state index in [1.807, 2.05) is 29.5 Å². The summed E-state index contributed by atoms with van der Waals surface area (Å²) in [7, 11) is 0. The van der Waals surface area contributed by atoms with E-state index in [9.17, 15) is 0 Å². The Morgan fingerprint density at radius 1 is 0.467 bits per heavy atom. The highest BCUT2D eigenvalue weighted by atomic mass is 32.1. The molecule has 5 heteroatoms. The maximum absolute atomic E-state index is 5.27. The predicted molar refractivity (Wildman–Crippen MR) is 254 cm³/mol. The Kier molecular flexibility index (Phi) is 7.59. The number of rotatable bonds is 4. The molecule has 3 aromatic heterocycles. The van der Waals surface area contributed by atoms with Gasteiger partial charge in [-0.3, -0.25) is 0 Å². The Balaban J connectivity index is 1.08. The van der Waals surface area contributed by atoms with Crippen LogP contribution in [0.25, 0.3) is 103 Å². The van der Waals surface area contributed by atoms with Crippen molar-refractivity contribution >= 4 is 74.9 Å². The molecule has 0 amide bonds. The van der Waals surface area contributed by atoms with Gasteiger partial charge in [-0.1, -0.05) is 143 Å². The summed E-state index contributed by atoms with van der Waals surface area (Å²) >= 11 is 1.81. The first-order valence-electron chi connectivity index (χ1n) is 21.0. The smallest absolute Gasteiger partial charge is 0.164 e. The predicted octanol–water partition coefficient (Wildman–Crippen LogP) is 15.0. The largest absolute Gasteiger partial charge is 0.309 e. The van der Waals surface area contributed by atoms with Crippen molar-refractivity contribution in [1.29, 1.82) is 0 Å². The zero-order valence-electron chi connectivity index (χ0n) is 34.1. The number of nitrogens with zero attached hydrogens (tertiary/aromatic N) is 4. The van der Waals surface area contributed by atoms with Crippen molar-refractivity contribution in [3.8, 4) is 39.9 Å². The lowest BCUT2D eigenvalue weighted by Gasteiger charge is -2.42. The number of benzene rings is 8. The molecule has 1 aliphatic rings. The van der Waals surface area contributed by atoms with Crippen LogP contribution in [0.15, 0.2) is 158 Å². The fourth-order valence-corrected chi connectivity index (χ4v) is 11.1. The highest BCUT2D eigenvalue weighted by Crippen LogP contribution is 2.49. The summed E-state index contributed by atoms with van der Waals surface area (Å²) in [6.07, 6.45) is 2.35. The molecule has 60 heavy (non-hydrogen) atoms. The Morgan fingerprint density at radius 2 is 1.13 bits per heavy atom. The van der Waals surface area contributed by atoms with Gasteiger partial charge in [0.15, 0.2) is 17.5 Å². The topological polar surface area (TPSA) is 43.6 Å². The van der Waals surface area contributed by atoms with Gasteiger partial charge in [0.25, 0.3) is 0 Å². The minimum atomic E-state index is 0.0880. The van der Waals surface area contributed by atoms with Crippen LogP contribution in [0.5, 0.6) is 0 Å². The second-order valence-corrected chi connectivity index (χ2v) is 19.0. The summed E-state index contributed by atoms with van der Waals surface area (Å²) in [6, 6.07) is 57.4. The quantitative estimate of drug-likeness (QED) is 0.178. The maximum atomic E-state index is 5.27. The fourth-order valence-electron chi connectivity index (χ4n) is 9.92. The Bertz CT molecular complexity index is 3550. The second-order valence-electron chi connectivity index (χ2n) is 17.9. The minimum absolute atomic E-state index is 0.0880. The molecule has 288 valence electrons. The molecule has 0 spiro atoms. The molecule has 0 atom stereocenters. The normalized spacial score (nSPS) is 14.8. The van der Waals surface area contributed by atoms with Gasteiger partial charge in [0.05, 0.1) is 11.0 Å². The molecule has 11 aromatic rings. The van der Waals surface area contributed by atoms with Crippen LogP contribution in [-0.4, -0.2) is 19.5 Å². The number of hydrogen-bond acceptors (Lipinski definition) is 4. The SMILES string of the molecule is CC1(C)CCC(C)(C)c2cc3c(cc21)c1ccc2ccccc2c1n3-c1ccc2ccc(-c3nc(-c4ccccc4)nc(-c4cccc5sc6ccccc6c45)n3)cc2c1. The van der Waals surface area contributed by atoms with Crippen LogP contribution < -0.4 is 0 Å². The van der Waals surface area contributed by atoms with E-state index in [0.29, 0.717) is 17.5 Å². The molecule has 0 radical (unpaired) electrons. The van der Waals surface area contributed by atoms with E-state index in [0.717, 1.165) is 27.8 Å². The zero-order valence-corrected chi connectivity index (χ0v) is 34.9. The lowest BCUT2D eigenvalue weighted by molar-refractivity contribution is 0.332. The van der Waals surface area contributed by atoms with Crippen molar-refractivity contribution in [2.24, 2.45) is 0 Å². The molecular weight excluding hydrogens is 749 g/mol. The number of hydrogen-bond donors (Lipinski definition) is 0. The van der Waals surface area contributed by atoms with Gasteiger partial charge in [-0.05, 0) is 93.4 Å². The Labute approximate surface area is 352 Å². The molecule has 12 rings (SSSR count). The first kappa shape index (κ1) is 35.3. The third-order valence-corrected chi connectivity index (χ3v) is 14.4. The van der Waals surface area contributed by atoms with Crippen LogP contribution >= 0.6 is 11.3 Å². The second kappa shape index (κ2) is 12.9. The van der Waals surface area contributed by atoms with Gasteiger partial charge in [0, 0.05) is 58.7 Å². The van der Waals surface area contributed by atoms with Gasteiger partial charge in [-0.2, -0.15) is 0 Å². The summed E-state index contributed by atoms with van der Waals surface area (Å²) in [5.41, 5.74) is 9.72. The number of thiophene rings is 1. The Morgan fingerprint density at radius 3 is 1.97 bits per heavy atom.